The van der Waals surface area contributed by atoms with Crippen molar-refractivity contribution in [3.05, 3.63) is 68.9 Å². The molecule has 2 aromatic carbocycles. The lowest BCUT2D eigenvalue weighted by Gasteiger charge is -2.01. The number of methoxy groups -OCH3 is 1. The molecule has 8 nitrogen and oxygen atoms in total. The van der Waals surface area contributed by atoms with Crippen LogP contribution >= 0.6 is 22.9 Å². The van der Waals surface area contributed by atoms with Gasteiger partial charge in [-0.25, -0.2) is 4.98 Å². The van der Waals surface area contributed by atoms with Crippen molar-refractivity contribution in [3.63, 3.8) is 0 Å². The first-order chi connectivity index (χ1) is 14.4. The second-order valence-electron chi connectivity index (χ2n) is 6.35. The van der Waals surface area contributed by atoms with E-state index in [2.05, 4.69) is 10.3 Å². The van der Waals surface area contributed by atoms with E-state index in [0.717, 1.165) is 22.5 Å². The number of rotatable bonds is 5. The first kappa shape index (κ1) is 19.9. The number of non-ortho nitro benzene ring substituents is 1. The maximum atomic E-state index is 12.6. The molecule has 0 saturated heterocycles. The number of nitro groups is 1. The topological polar surface area (TPSA) is 108 Å². The van der Waals surface area contributed by atoms with Crippen LogP contribution in [-0.2, 0) is 0 Å². The van der Waals surface area contributed by atoms with Gasteiger partial charge in [-0.15, -0.1) is 0 Å². The molecule has 0 aliphatic carbocycles. The van der Waals surface area contributed by atoms with E-state index in [-0.39, 0.29) is 22.3 Å². The predicted octanol–water partition coefficient (Wildman–Crippen LogP) is 5.69. The number of furan rings is 1. The van der Waals surface area contributed by atoms with Crippen molar-refractivity contribution in [1.29, 1.82) is 0 Å². The van der Waals surface area contributed by atoms with Crippen LogP contribution in [0, 0.1) is 17.0 Å². The van der Waals surface area contributed by atoms with Gasteiger partial charge in [-0.05, 0) is 30.7 Å². The van der Waals surface area contributed by atoms with Crippen LogP contribution in [0.15, 0.2) is 46.9 Å². The minimum absolute atomic E-state index is 0.0962. The van der Waals surface area contributed by atoms with Gasteiger partial charge in [0.2, 0.25) is 0 Å². The predicted molar refractivity (Wildman–Crippen MR) is 115 cm³/mol. The summed E-state index contributed by atoms with van der Waals surface area (Å²) in [5.74, 6) is 0.363. The van der Waals surface area contributed by atoms with E-state index in [1.807, 2.05) is 19.1 Å². The smallest absolute Gasteiger partial charge is 0.293 e. The average Bonchev–Trinajstić information content (AvgIpc) is 3.36. The Hall–Kier alpha value is -3.43. The van der Waals surface area contributed by atoms with Crippen LogP contribution in [0.1, 0.15) is 16.1 Å². The molecule has 0 bridgehead atoms. The highest BCUT2D eigenvalue weighted by atomic mass is 35.5. The minimum Gasteiger partial charge on any atom is -0.494 e. The highest BCUT2D eigenvalue weighted by molar-refractivity contribution is 7.22. The third-order valence-corrected chi connectivity index (χ3v) is 5.71. The Balaban J connectivity index is 1.59. The molecule has 0 fully saturated rings. The second kappa shape index (κ2) is 7.77. The average molecular weight is 444 g/mol. The highest BCUT2D eigenvalue weighted by Crippen LogP contribution is 2.36. The molecule has 2 aromatic heterocycles. The summed E-state index contributed by atoms with van der Waals surface area (Å²) in [6, 6.07) is 11.4. The van der Waals surface area contributed by atoms with Crippen LogP contribution in [0.5, 0.6) is 5.75 Å². The van der Waals surface area contributed by atoms with Gasteiger partial charge in [-0.3, -0.25) is 20.2 Å². The van der Waals surface area contributed by atoms with Gasteiger partial charge in [-0.1, -0.05) is 35.1 Å². The van der Waals surface area contributed by atoms with E-state index in [1.165, 1.54) is 19.2 Å². The van der Waals surface area contributed by atoms with Crippen molar-refractivity contribution in [2.45, 2.75) is 6.92 Å². The zero-order valence-electron chi connectivity index (χ0n) is 15.8. The summed E-state index contributed by atoms with van der Waals surface area (Å²) in [7, 11) is 1.40. The molecule has 4 rings (SSSR count). The molecule has 1 N–H and O–H groups in total. The Bertz CT molecular complexity index is 1300. The van der Waals surface area contributed by atoms with E-state index < -0.39 is 10.8 Å². The fourth-order valence-electron chi connectivity index (χ4n) is 2.82. The summed E-state index contributed by atoms with van der Waals surface area (Å²) in [6.45, 7) is 1.90. The molecule has 0 radical (unpaired) electrons. The van der Waals surface area contributed by atoms with E-state index in [1.54, 1.807) is 18.2 Å². The summed E-state index contributed by atoms with van der Waals surface area (Å²) in [5.41, 5.74) is 2.00. The number of halogens is 1. The standard InChI is InChI=1S/C20H14ClN3O5S/c1-10-3-4-11(7-13(10)21)14-5-6-15(29-14)19(25)23-20-22-18-16(28-2)8-12(24(26)27)9-17(18)30-20/h3-9H,1-2H3,(H,22,23,25). The Morgan fingerprint density at radius 1 is 1.27 bits per heavy atom. The quantitative estimate of drug-likeness (QED) is 0.313. The summed E-state index contributed by atoms with van der Waals surface area (Å²) in [5, 5.41) is 14.6. The zero-order valence-corrected chi connectivity index (χ0v) is 17.3. The van der Waals surface area contributed by atoms with Crippen molar-refractivity contribution in [1.82, 2.24) is 4.98 Å². The summed E-state index contributed by atoms with van der Waals surface area (Å²) >= 11 is 7.26. The van der Waals surface area contributed by atoms with Gasteiger partial charge >= 0.3 is 0 Å². The Kier molecular flexibility index (Phi) is 5.15. The Morgan fingerprint density at radius 3 is 2.77 bits per heavy atom. The van der Waals surface area contributed by atoms with E-state index in [0.29, 0.717) is 21.0 Å². The number of hydrogen-bond acceptors (Lipinski definition) is 7. The van der Waals surface area contributed by atoms with Crippen LogP contribution in [-0.4, -0.2) is 22.9 Å². The lowest BCUT2D eigenvalue weighted by Crippen LogP contribution is -2.10. The van der Waals surface area contributed by atoms with Gasteiger partial charge in [0.05, 0.1) is 22.8 Å². The number of nitrogens with one attached hydrogen (secondary N) is 1. The molecule has 0 atom stereocenters. The normalized spacial score (nSPS) is 10.9. The third-order valence-electron chi connectivity index (χ3n) is 4.38. The van der Waals surface area contributed by atoms with Crippen molar-refractivity contribution >= 4 is 49.9 Å². The zero-order chi connectivity index (χ0) is 21.4. The van der Waals surface area contributed by atoms with Crippen molar-refractivity contribution < 1.29 is 18.9 Å². The number of carbonyl (C=O) groups is 1. The number of aromatic nitrogens is 1. The first-order valence-electron chi connectivity index (χ1n) is 8.66. The van der Waals surface area contributed by atoms with Gasteiger partial charge in [0.25, 0.3) is 11.6 Å². The van der Waals surface area contributed by atoms with E-state index in [4.69, 9.17) is 20.8 Å². The van der Waals surface area contributed by atoms with Crippen molar-refractivity contribution in [2.24, 2.45) is 0 Å². The summed E-state index contributed by atoms with van der Waals surface area (Å²) in [4.78, 5) is 27.5. The van der Waals surface area contributed by atoms with Gasteiger partial charge in [0.1, 0.15) is 11.3 Å². The number of thiazole rings is 1. The van der Waals surface area contributed by atoms with E-state index in [9.17, 15) is 14.9 Å². The molecule has 30 heavy (non-hydrogen) atoms. The molecule has 10 heteroatoms. The molecule has 0 spiro atoms. The number of nitro benzene ring substituents is 1. The largest absolute Gasteiger partial charge is 0.494 e. The van der Waals surface area contributed by atoms with Crippen LogP contribution in [0.3, 0.4) is 0 Å². The van der Waals surface area contributed by atoms with Crippen LogP contribution < -0.4 is 10.1 Å². The molecule has 1 amide bonds. The molecular formula is C20H14ClN3O5S. The Morgan fingerprint density at radius 2 is 2.07 bits per heavy atom. The van der Waals surface area contributed by atoms with Gasteiger partial charge in [-0.2, -0.15) is 0 Å². The monoisotopic (exact) mass is 443 g/mol. The number of anilines is 1. The molecular weight excluding hydrogens is 430 g/mol. The number of fused-ring (bicyclic) bond motifs is 1. The van der Waals surface area contributed by atoms with Crippen LogP contribution in [0.4, 0.5) is 10.8 Å². The molecule has 2 heterocycles. The SMILES string of the molecule is COc1cc([N+](=O)[O-])cc2sc(NC(=O)c3ccc(-c4ccc(C)c(Cl)c4)o3)nc12. The Labute approximate surface area is 179 Å². The molecule has 0 saturated carbocycles. The molecule has 0 unspecified atom stereocenters. The van der Waals surface area contributed by atoms with Crippen LogP contribution in [0.25, 0.3) is 21.5 Å². The van der Waals surface area contributed by atoms with Crippen LogP contribution in [0.2, 0.25) is 5.02 Å². The number of aryl methyl sites for hydroxylation is 1. The first-order valence-corrected chi connectivity index (χ1v) is 9.86. The van der Waals surface area contributed by atoms with Gasteiger partial charge in [0.15, 0.2) is 16.6 Å². The lowest BCUT2D eigenvalue weighted by atomic mass is 10.1. The fourth-order valence-corrected chi connectivity index (χ4v) is 3.91. The summed E-state index contributed by atoms with van der Waals surface area (Å²) < 4.78 is 11.4. The summed E-state index contributed by atoms with van der Waals surface area (Å²) in [6.07, 6.45) is 0. The van der Waals surface area contributed by atoms with E-state index >= 15 is 0 Å². The number of carbonyl (C=O) groups excluding carboxylic acids is 1. The second-order valence-corrected chi connectivity index (χ2v) is 7.79. The fraction of sp³-hybridized carbons (Fsp3) is 0.100. The maximum absolute atomic E-state index is 12.6. The third kappa shape index (κ3) is 3.72. The highest BCUT2D eigenvalue weighted by Gasteiger charge is 2.19. The molecule has 0 aliphatic rings. The number of amides is 1. The number of ether oxygens (including phenoxy) is 1. The molecule has 4 aromatic rings. The minimum atomic E-state index is -0.512. The van der Waals surface area contributed by atoms with Gasteiger partial charge in [0, 0.05) is 16.7 Å². The lowest BCUT2D eigenvalue weighted by molar-refractivity contribution is -0.384. The number of nitrogens with zero attached hydrogens (tertiary/aromatic N) is 2. The number of hydrogen-bond donors (Lipinski definition) is 1. The number of benzene rings is 2. The molecule has 0 aliphatic heterocycles. The maximum Gasteiger partial charge on any atom is 0.293 e. The van der Waals surface area contributed by atoms with Crippen molar-refractivity contribution in [2.75, 3.05) is 12.4 Å². The van der Waals surface area contributed by atoms with Gasteiger partial charge < -0.3 is 9.15 Å². The molecule has 152 valence electrons. The van der Waals surface area contributed by atoms with Crippen molar-refractivity contribution in [3.8, 4) is 17.1 Å².